The third-order valence-corrected chi connectivity index (χ3v) is 7.28. The average molecular weight is 571 g/mol. The first-order chi connectivity index (χ1) is 20.1. The number of ether oxygens (including phenoxy) is 1. The zero-order valence-electron chi connectivity index (χ0n) is 25.4. The highest BCUT2D eigenvalue weighted by molar-refractivity contribution is 6.07. The van der Waals surface area contributed by atoms with E-state index < -0.39 is 6.03 Å². The van der Waals surface area contributed by atoms with Crippen LogP contribution in [0.1, 0.15) is 70.9 Å². The number of aryl methyl sites for hydroxylation is 1. The van der Waals surface area contributed by atoms with E-state index >= 15 is 0 Å². The smallest absolute Gasteiger partial charge is 0.323 e. The predicted molar refractivity (Wildman–Crippen MR) is 171 cm³/mol. The molecule has 8 heteroatoms. The van der Waals surface area contributed by atoms with Crippen LogP contribution in [0.5, 0.6) is 5.75 Å². The zero-order chi connectivity index (χ0) is 30.4. The Bertz CT molecular complexity index is 1580. The summed E-state index contributed by atoms with van der Waals surface area (Å²) in [5.74, 6) is 1.30. The standard InChI is InChI=1S/C34H42N4O4/c1-21(2)15-17-38-32-28(14-9-16-35-32)29(24-10-7-11-25(20-24)42-19-18-39)31(33(38)40)37-34(41)36-30-26(22(3)4)12-8-13-27(30)23(5)6/h7-14,16,20-23,39H,15,17-19H2,1-6H3,(H2,36,37,41). The van der Waals surface area contributed by atoms with Crippen molar-refractivity contribution in [3.63, 3.8) is 0 Å². The van der Waals surface area contributed by atoms with Crippen molar-refractivity contribution in [1.82, 2.24) is 9.55 Å². The normalized spacial score (nSPS) is 11.5. The van der Waals surface area contributed by atoms with Crippen molar-refractivity contribution in [1.29, 1.82) is 0 Å². The molecule has 2 heterocycles. The Kier molecular flexibility index (Phi) is 10.0. The minimum Gasteiger partial charge on any atom is -0.491 e. The van der Waals surface area contributed by atoms with Gasteiger partial charge in [-0.2, -0.15) is 0 Å². The molecule has 0 unspecified atom stereocenters. The van der Waals surface area contributed by atoms with Crippen molar-refractivity contribution >= 4 is 28.4 Å². The van der Waals surface area contributed by atoms with Crippen molar-refractivity contribution in [2.75, 3.05) is 23.8 Å². The fraction of sp³-hybridized carbons (Fsp3) is 0.382. The van der Waals surface area contributed by atoms with Crippen molar-refractivity contribution in [3.8, 4) is 16.9 Å². The Morgan fingerprint density at radius 2 is 1.60 bits per heavy atom. The summed E-state index contributed by atoms with van der Waals surface area (Å²) in [5, 5.41) is 16.0. The molecule has 0 fully saturated rings. The lowest BCUT2D eigenvalue weighted by atomic mass is 9.93. The van der Waals surface area contributed by atoms with Gasteiger partial charge in [-0.05, 0) is 65.1 Å². The lowest BCUT2D eigenvalue weighted by molar-refractivity contribution is 0.201. The molecule has 0 bridgehead atoms. The van der Waals surface area contributed by atoms with Gasteiger partial charge in [0.25, 0.3) is 5.56 Å². The molecule has 8 nitrogen and oxygen atoms in total. The Hall–Kier alpha value is -4.17. The van der Waals surface area contributed by atoms with Crippen LogP contribution in [-0.4, -0.2) is 33.9 Å². The molecule has 0 saturated carbocycles. The first kappa shape index (κ1) is 30.8. The summed E-state index contributed by atoms with van der Waals surface area (Å²) in [6, 6.07) is 16.6. The number of amides is 2. The van der Waals surface area contributed by atoms with Gasteiger partial charge in [-0.1, -0.05) is 71.9 Å². The first-order valence-electron chi connectivity index (χ1n) is 14.7. The number of rotatable bonds is 11. The van der Waals surface area contributed by atoms with Crippen LogP contribution < -0.4 is 20.9 Å². The van der Waals surface area contributed by atoms with Crippen LogP contribution >= 0.6 is 0 Å². The van der Waals surface area contributed by atoms with Crippen molar-refractivity contribution in [2.45, 2.75) is 66.3 Å². The molecule has 2 aromatic heterocycles. The maximum Gasteiger partial charge on any atom is 0.323 e. The van der Waals surface area contributed by atoms with E-state index in [1.54, 1.807) is 16.8 Å². The van der Waals surface area contributed by atoms with Crippen LogP contribution in [-0.2, 0) is 6.54 Å². The number of aliphatic hydroxyl groups is 1. The second kappa shape index (κ2) is 13.7. The monoisotopic (exact) mass is 570 g/mol. The second-order valence-electron chi connectivity index (χ2n) is 11.6. The number of carbonyl (C=O) groups excluding carboxylic acids is 1. The van der Waals surface area contributed by atoms with Crippen LogP contribution in [0.3, 0.4) is 0 Å². The summed E-state index contributed by atoms with van der Waals surface area (Å²) in [4.78, 5) is 32.6. The number of nitrogens with one attached hydrogen (secondary N) is 2. The predicted octanol–water partition coefficient (Wildman–Crippen LogP) is 7.37. The number of urea groups is 1. The van der Waals surface area contributed by atoms with E-state index in [0.29, 0.717) is 35.0 Å². The van der Waals surface area contributed by atoms with E-state index in [2.05, 4.69) is 57.2 Å². The third-order valence-electron chi connectivity index (χ3n) is 7.28. The molecule has 4 aromatic rings. The Balaban J connectivity index is 1.89. The van der Waals surface area contributed by atoms with Gasteiger partial charge in [-0.25, -0.2) is 9.78 Å². The molecule has 2 aromatic carbocycles. The molecular weight excluding hydrogens is 528 g/mol. The maximum absolute atomic E-state index is 14.2. The topological polar surface area (TPSA) is 105 Å². The highest BCUT2D eigenvalue weighted by Gasteiger charge is 2.23. The number of carbonyl (C=O) groups is 1. The Morgan fingerprint density at radius 1 is 0.929 bits per heavy atom. The number of pyridine rings is 2. The fourth-order valence-electron chi connectivity index (χ4n) is 5.15. The summed E-state index contributed by atoms with van der Waals surface area (Å²) in [5.41, 5.74) is 4.48. The lowest BCUT2D eigenvalue weighted by Crippen LogP contribution is -2.30. The quantitative estimate of drug-likeness (QED) is 0.175. The van der Waals surface area contributed by atoms with Crippen LogP contribution in [0.2, 0.25) is 0 Å². The Morgan fingerprint density at radius 3 is 2.24 bits per heavy atom. The van der Waals surface area contributed by atoms with Crippen LogP contribution in [0.15, 0.2) is 65.6 Å². The van der Waals surface area contributed by atoms with Crippen LogP contribution in [0, 0.1) is 5.92 Å². The molecule has 0 atom stereocenters. The van der Waals surface area contributed by atoms with Gasteiger partial charge in [0, 0.05) is 29.4 Å². The lowest BCUT2D eigenvalue weighted by Gasteiger charge is -2.22. The van der Waals surface area contributed by atoms with Gasteiger partial charge in [0.15, 0.2) is 0 Å². The van der Waals surface area contributed by atoms with Crippen molar-refractivity contribution < 1.29 is 14.6 Å². The molecule has 0 aliphatic rings. The minimum atomic E-state index is -0.491. The van der Waals surface area contributed by atoms with E-state index in [4.69, 9.17) is 4.74 Å². The van der Waals surface area contributed by atoms with E-state index in [0.717, 1.165) is 28.6 Å². The number of aromatic nitrogens is 2. The fourth-order valence-corrected chi connectivity index (χ4v) is 5.15. The number of aliphatic hydroxyl groups excluding tert-OH is 1. The highest BCUT2D eigenvalue weighted by Crippen LogP contribution is 2.36. The third kappa shape index (κ3) is 6.82. The van der Waals surface area contributed by atoms with Gasteiger partial charge < -0.3 is 20.5 Å². The van der Waals surface area contributed by atoms with E-state index in [1.807, 2.05) is 48.5 Å². The molecule has 3 N–H and O–H groups in total. The van der Waals surface area contributed by atoms with Gasteiger partial charge in [-0.3, -0.25) is 9.36 Å². The van der Waals surface area contributed by atoms with E-state index in [1.165, 1.54) is 0 Å². The minimum absolute atomic E-state index is 0.119. The molecule has 222 valence electrons. The number of hydrogen-bond donors (Lipinski definition) is 3. The maximum atomic E-state index is 14.2. The Labute approximate surface area is 247 Å². The largest absolute Gasteiger partial charge is 0.491 e. The van der Waals surface area contributed by atoms with Crippen LogP contribution in [0.4, 0.5) is 16.2 Å². The highest BCUT2D eigenvalue weighted by atomic mass is 16.5. The SMILES string of the molecule is CC(C)CCn1c(=O)c(NC(=O)Nc2c(C(C)C)cccc2C(C)C)c(-c2cccc(OCCO)c2)c2cccnc21. The molecule has 2 amide bonds. The number of benzene rings is 2. The summed E-state index contributed by atoms with van der Waals surface area (Å²) in [6.45, 7) is 13.1. The van der Waals surface area contributed by atoms with Gasteiger partial charge in [0.2, 0.25) is 0 Å². The first-order valence-corrected chi connectivity index (χ1v) is 14.7. The molecule has 42 heavy (non-hydrogen) atoms. The molecule has 0 aliphatic carbocycles. The molecular formula is C34H42N4O4. The number of fused-ring (bicyclic) bond motifs is 1. The summed E-state index contributed by atoms with van der Waals surface area (Å²) in [7, 11) is 0. The number of hydrogen-bond acceptors (Lipinski definition) is 5. The van der Waals surface area contributed by atoms with Crippen LogP contribution in [0.25, 0.3) is 22.2 Å². The van der Waals surface area contributed by atoms with Gasteiger partial charge in [-0.15, -0.1) is 0 Å². The molecule has 0 radical (unpaired) electrons. The average Bonchev–Trinajstić information content (AvgIpc) is 2.96. The summed E-state index contributed by atoms with van der Waals surface area (Å²) >= 11 is 0. The van der Waals surface area contributed by atoms with Gasteiger partial charge >= 0.3 is 6.03 Å². The van der Waals surface area contributed by atoms with Crippen molar-refractivity contribution in [2.24, 2.45) is 5.92 Å². The molecule has 0 aliphatic heterocycles. The second-order valence-corrected chi connectivity index (χ2v) is 11.6. The zero-order valence-corrected chi connectivity index (χ0v) is 25.4. The van der Waals surface area contributed by atoms with Crippen molar-refractivity contribution in [3.05, 3.63) is 82.3 Å². The number of nitrogens with zero attached hydrogens (tertiary/aromatic N) is 2. The van der Waals surface area contributed by atoms with E-state index in [9.17, 15) is 14.7 Å². The number of anilines is 2. The summed E-state index contributed by atoms with van der Waals surface area (Å²) < 4.78 is 7.33. The summed E-state index contributed by atoms with van der Waals surface area (Å²) in [6.07, 6.45) is 2.45. The molecule has 0 spiro atoms. The van der Waals surface area contributed by atoms with E-state index in [-0.39, 0.29) is 36.3 Å². The van der Waals surface area contributed by atoms with Gasteiger partial charge in [0.05, 0.1) is 6.61 Å². The number of para-hydroxylation sites is 1. The molecule has 4 rings (SSSR count). The van der Waals surface area contributed by atoms with Gasteiger partial charge in [0.1, 0.15) is 23.7 Å². The molecule has 0 saturated heterocycles.